The van der Waals surface area contributed by atoms with Gasteiger partial charge in [0.2, 0.25) is 0 Å². The quantitative estimate of drug-likeness (QED) is 0.822. The van der Waals surface area contributed by atoms with Gasteiger partial charge in [0.25, 0.3) is 0 Å². The fraction of sp³-hybridized carbons (Fsp3) is 0.300. The predicted octanol–water partition coefficient (Wildman–Crippen LogP) is 2.35. The molecule has 2 nitrogen and oxygen atoms in total. The molecule has 80 valence electrons. The van der Waals surface area contributed by atoms with Crippen LogP contribution in [-0.2, 0) is 5.60 Å². The minimum Gasteiger partial charge on any atom is -0.375 e. The van der Waals surface area contributed by atoms with Crippen molar-refractivity contribution in [3.8, 4) is 6.07 Å². The maximum atomic E-state index is 12.6. The molecule has 1 aromatic carbocycles. The van der Waals surface area contributed by atoms with E-state index >= 15 is 0 Å². The van der Waals surface area contributed by atoms with Crippen LogP contribution in [0.3, 0.4) is 0 Å². The Bertz CT molecular complexity index is 368. The molecule has 0 radical (unpaired) electrons. The molecule has 0 aliphatic heterocycles. The van der Waals surface area contributed by atoms with Crippen LogP contribution < -0.4 is 0 Å². The van der Waals surface area contributed by atoms with E-state index in [4.69, 9.17) is 5.26 Å². The van der Waals surface area contributed by atoms with Crippen LogP contribution in [0.4, 0.5) is 13.2 Å². The second-order valence-electron chi connectivity index (χ2n) is 3.06. The largest absolute Gasteiger partial charge is 0.422 e. The Morgan fingerprint density at radius 1 is 1.20 bits per heavy atom. The van der Waals surface area contributed by atoms with Crippen molar-refractivity contribution in [1.82, 2.24) is 0 Å². The highest BCUT2D eigenvalue weighted by Gasteiger charge is 2.54. The monoisotopic (exact) mass is 215 g/mol. The molecule has 0 fully saturated rings. The van der Waals surface area contributed by atoms with Crippen molar-refractivity contribution in [3.05, 3.63) is 35.9 Å². The van der Waals surface area contributed by atoms with Gasteiger partial charge in [0.1, 0.15) is 0 Å². The van der Waals surface area contributed by atoms with Gasteiger partial charge in [0.15, 0.2) is 5.60 Å². The molecule has 0 heterocycles. The molecule has 0 unspecified atom stereocenters. The summed E-state index contributed by atoms with van der Waals surface area (Å²) in [6, 6.07) is 7.92. The number of aliphatic hydroxyl groups is 1. The molecule has 1 aromatic rings. The number of benzene rings is 1. The van der Waals surface area contributed by atoms with Crippen molar-refractivity contribution in [2.24, 2.45) is 0 Å². The van der Waals surface area contributed by atoms with Gasteiger partial charge in [-0.1, -0.05) is 30.3 Å². The van der Waals surface area contributed by atoms with E-state index < -0.39 is 18.2 Å². The average Bonchev–Trinajstić information content (AvgIpc) is 2.18. The van der Waals surface area contributed by atoms with Crippen molar-refractivity contribution < 1.29 is 18.3 Å². The van der Waals surface area contributed by atoms with Gasteiger partial charge in [-0.15, -0.1) is 0 Å². The highest BCUT2D eigenvalue weighted by atomic mass is 19.4. The first-order chi connectivity index (χ1) is 6.92. The summed E-state index contributed by atoms with van der Waals surface area (Å²) in [4.78, 5) is 0. The Balaban J connectivity index is 3.20. The Labute approximate surface area is 84.6 Å². The predicted molar refractivity (Wildman–Crippen MR) is 46.6 cm³/mol. The molecule has 15 heavy (non-hydrogen) atoms. The maximum absolute atomic E-state index is 12.6. The summed E-state index contributed by atoms with van der Waals surface area (Å²) in [5.41, 5.74) is -3.40. The molecule has 1 N–H and O–H groups in total. The van der Waals surface area contributed by atoms with Gasteiger partial charge in [-0.05, 0) is 5.56 Å². The fourth-order valence-corrected chi connectivity index (χ4v) is 1.19. The lowest BCUT2D eigenvalue weighted by Gasteiger charge is -2.28. The second kappa shape index (κ2) is 3.91. The van der Waals surface area contributed by atoms with E-state index in [2.05, 4.69) is 0 Å². The molecule has 0 bridgehead atoms. The number of hydrogen-bond acceptors (Lipinski definition) is 2. The SMILES string of the molecule is N#CC[C@](O)(c1ccccc1)C(F)(F)F. The molecule has 1 rings (SSSR count). The van der Waals surface area contributed by atoms with Crippen LogP contribution in [0.15, 0.2) is 30.3 Å². The zero-order valence-corrected chi connectivity index (χ0v) is 7.62. The van der Waals surface area contributed by atoms with Crippen molar-refractivity contribution in [1.29, 1.82) is 5.26 Å². The number of alkyl halides is 3. The Kier molecular flexibility index (Phi) is 3.01. The lowest BCUT2D eigenvalue weighted by Crippen LogP contribution is -2.41. The molecule has 0 saturated heterocycles. The molecule has 0 spiro atoms. The van der Waals surface area contributed by atoms with Crippen molar-refractivity contribution >= 4 is 0 Å². The van der Waals surface area contributed by atoms with Crippen LogP contribution in [0, 0.1) is 11.3 Å². The molecule has 5 heteroatoms. The van der Waals surface area contributed by atoms with E-state index in [0.717, 1.165) is 12.1 Å². The highest BCUT2D eigenvalue weighted by Crippen LogP contribution is 2.41. The third kappa shape index (κ3) is 2.10. The molecule has 0 saturated carbocycles. The van der Waals surface area contributed by atoms with E-state index in [-0.39, 0.29) is 5.56 Å². The van der Waals surface area contributed by atoms with Gasteiger partial charge in [0, 0.05) is 0 Å². The highest BCUT2D eigenvalue weighted by molar-refractivity contribution is 5.25. The third-order valence-corrected chi connectivity index (χ3v) is 2.06. The van der Waals surface area contributed by atoms with Gasteiger partial charge in [-0.2, -0.15) is 18.4 Å². The Morgan fingerprint density at radius 2 is 1.73 bits per heavy atom. The summed E-state index contributed by atoms with van der Waals surface area (Å²) in [5, 5.41) is 17.8. The van der Waals surface area contributed by atoms with Crippen molar-refractivity contribution in [2.45, 2.75) is 18.2 Å². The summed E-state index contributed by atoms with van der Waals surface area (Å²) in [5.74, 6) is 0. The van der Waals surface area contributed by atoms with Gasteiger partial charge in [-0.25, -0.2) is 0 Å². The number of nitriles is 1. The zero-order chi connectivity index (χ0) is 11.5. The summed E-state index contributed by atoms with van der Waals surface area (Å²) in [6.07, 6.45) is -5.87. The minimum absolute atomic E-state index is 0.320. The van der Waals surface area contributed by atoms with E-state index in [1.165, 1.54) is 24.3 Å². The first-order valence-electron chi connectivity index (χ1n) is 4.13. The third-order valence-electron chi connectivity index (χ3n) is 2.06. The topological polar surface area (TPSA) is 44.0 Å². The zero-order valence-electron chi connectivity index (χ0n) is 7.62. The first kappa shape index (κ1) is 11.5. The summed E-state index contributed by atoms with van der Waals surface area (Å²) in [7, 11) is 0. The van der Waals surface area contributed by atoms with E-state index in [0.29, 0.717) is 0 Å². The number of nitrogens with zero attached hydrogens (tertiary/aromatic N) is 1. The van der Waals surface area contributed by atoms with Crippen LogP contribution in [0.25, 0.3) is 0 Å². The van der Waals surface area contributed by atoms with Gasteiger partial charge in [0.05, 0.1) is 12.5 Å². The smallest absolute Gasteiger partial charge is 0.375 e. The average molecular weight is 215 g/mol. The van der Waals surface area contributed by atoms with Crippen LogP contribution >= 0.6 is 0 Å². The van der Waals surface area contributed by atoms with Crippen LogP contribution in [-0.4, -0.2) is 11.3 Å². The lowest BCUT2D eigenvalue weighted by atomic mass is 9.90. The Morgan fingerprint density at radius 3 is 2.13 bits per heavy atom. The van der Waals surface area contributed by atoms with Crippen LogP contribution in [0.2, 0.25) is 0 Å². The Hall–Kier alpha value is -1.54. The summed E-state index contributed by atoms with van der Waals surface area (Å²) in [6.45, 7) is 0. The minimum atomic E-state index is -4.86. The first-order valence-corrected chi connectivity index (χ1v) is 4.13. The number of halogens is 3. The number of rotatable bonds is 2. The number of hydrogen-bond donors (Lipinski definition) is 1. The van der Waals surface area contributed by atoms with Crippen molar-refractivity contribution in [2.75, 3.05) is 0 Å². The lowest BCUT2D eigenvalue weighted by molar-refractivity contribution is -0.264. The second-order valence-corrected chi connectivity index (χ2v) is 3.06. The molecular formula is C10H8F3NO. The molecule has 1 atom stereocenters. The normalized spacial score (nSPS) is 15.4. The summed E-state index contributed by atoms with van der Waals surface area (Å²) >= 11 is 0. The van der Waals surface area contributed by atoms with E-state index in [1.54, 1.807) is 0 Å². The van der Waals surface area contributed by atoms with E-state index in [1.807, 2.05) is 0 Å². The molecular weight excluding hydrogens is 207 g/mol. The van der Waals surface area contributed by atoms with Gasteiger partial charge in [-0.3, -0.25) is 0 Å². The molecule has 0 amide bonds. The van der Waals surface area contributed by atoms with Gasteiger partial charge < -0.3 is 5.11 Å². The molecule has 0 aliphatic carbocycles. The van der Waals surface area contributed by atoms with E-state index in [9.17, 15) is 18.3 Å². The molecule has 0 aliphatic rings. The van der Waals surface area contributed by atoms with Gasteiger partial charge >= 0.3 is 6.18 Å². The summed E-state index contributed by atoms with van der Waals surface area (Å²) < 4.78 is 37.7. The van der Waals surface area contributed by atoms with Crippen molar-refractivity contribution in [3.63, 3.8) is 0 Å². The molecule has 0 aromatic heterocycles. The maximum Gasteiger partial charge on any atom is 0.422 e. The fourth-order valence-electron chi connectivity index (χ4n) is 1.19. The van der Waals surface area contributed by atoms with Crippen LogP contribution in [0.1, 0.15) is 12.0 Å². The van der Waals surface area contributed by atoms with Crippen LogP contribution in [0.5, 0.6) is 0 Å². The standard InChI is InChI=1S/C10H8F3NO/c11-10(12,13)9(15,6-7-14)8-4-2-1-3-5-8/h1-5,15H,6H2/t9-/m0/s1.